The van der Waals surface area contributed by atoms with Crippen LogP contribution in [0.25, 0.3) is 16.6 Å². The number of fused-ring (bicyclic) bond motifs is 6. The monoisotopic (exact) mass is 626 g/mol. The van der Waals surface area contributed by atoms with Gasteiger partial charge in [-0.3, -0.25) is 9.56 Å². The lowest BCUT2D eigenvalue weighted by Gasteiger charge is -2.35. The van der Waals surface area contributed by atoms with E-state index >= 15 is 0 Å². The summed E-state index contributed by atoms with van der Waals surface area (Å²) in [6.45, 7) is 2.36. The van der Waals surface area contributed by atoms with Crippen molar-refractivity contribution in [3.63, 3.8) is 0 Å². The Morgan fingerprint density at radius 1 is 0.955 bits per heavy atom. The van der Waals surface area contributed by atoms with Gasteiger partial charge in [0.1, 0.15) is 18.5 Å². The summed E-state index contributed by atoms with van der Waals surface area (Å²) in [5.41, 5.74) is 5.21. The quantitative estimate of drug-likeness (QED) is 0.214. The number of rotatable bonds is 3. The number of esters is 1. The fourth-order valence-corrected chi connectivity index (χ4v) is 7.14. The number of H-pyrrole nitrogens is 1. The average Bonchev–Trinajstić information content (AvgIpc) is 3.63. The van der Waals surface area contributed by atoms with Crippen LogP contribution in [0.15, 0.2) is 77.9 Å². The molecule has 10 heteroatoms. The van der Waals surface area contributed by atoms with Gasteiger partial charge in [0.05, 0.1) is 17.0 Å². The van der Waals surface area contributed by atoms with Crippen LogP contribution in [0.3, 0.4) is 0 Å². The normalized spacial score (nSPS) is 20.6. The Balaban J connectivity index is 0.000000143. The van der Waals surface area contributed by atoms with E-state index in [4.69, 9.17) is 32.9 Å². The highest BCUT2D eigenvalue weighted by Crippen LogP contribution is 2.36. The molecular weight excluding hydrogens is 595 g/mol. The summed E-state index contributed by atoms with van der Waals surface area (Å²) in [6.07, 6.45) is 6.25. The van der Waals surface area contributed by atoms with Crippen molar-refractivity contribution in [1.82, 2.24) is 24.6 Å². The van der Waals surface area contributed by atoms with Gasteiger partial charge in [-0.15, -0.1) is 10.2 Å². The minimum absolute atomic E-state index is 0.0693. The molecule has 8 rings (SSSR count). The Bertz CT molecular complexity index is 1880. The van der Waals surface area contributed by atoms with E-state index in [2.05, 4.69) is 27.1 Å². The Morgan fingerprint density at radius 3 is 2.50 bits per heavy atom. The molecule has 1 unspecified atom stereocenters. The van der Waals surface area contributed by atoms with Crippen LogP contribution in [0.5, 0.6) is 0 Å². The second-order valence-electron chi connectivity index (χ2n) is 11.6. The zero-order valence-electron chi connectivity index (χ0n) is 24.5. The van der Waals surface area contributed by atoms with E-state index in [1.54, 1.807) is 6.20 Å². The Labute approximate surface area is 265 Å². The van der Waals surface area contributed by atoms with E-state index < -0.39 is 0 Å². The molecular formula is C34H32Cl2N6O2. The summed E-state index contributed by atoms with van der Waals surface area (Å²) in [6, 6.07) is 22.4. The molecule has 0 aliphatic carbocycles. The highest BCUT2D eigenvalue weighted by molar-refractivity contribution is 6.36. The molecule has 3 aliphatic rings. The second kappa shape index (κ2) is 11.8. The first-order chi connectivity index (χ1) is 21.4. The summed E-state index contributed by atoms with van der Waals surface area (Å²) < 4.78 is 7.80. The Kier molecular flexibility index (Phi) is 7.74. The lowest BCUT2D eigenvalue weighted by atomic mass is 10.0. The van der Waals surface area contributed by atoms with E-state index in [9.17, 15) is 4.79 Å². The fraction of sp³-hybridized carbons (Fsp3) is 0.294. The number of aryl methyl sites for hydroxylation is 1. The first-order valence-corrected chi connectivity index (χ1v) is 15.6. The van der Waals surface area contributed by atoms with Crippen molar-refractivity contribution in [2.24, 2.45) is 4.99 Å². The molecule has 5 heterocycles. The number of aromatic amines is 1. The summed E-state index contributed by atoms with van der Waals surface area (Å²) in [5.74, 6) is 1.42. The van der Waals surface area contributed by atoms with Crippen LogP contribution in [-0.2, 0) is 11.3 Å². The third-order valence-corrected chi connectivity index (χ3v) is 9.56. The standard InChI is InChI=1S/C17H12Cl2N4.C17H20N2O2/c1-10-21-22-16-9-20-17(12-4-2-3-5-14(12)19)13-8-11(18)6-7-15(13)23(10)16;1-19-11-6-7-12(19)9-13(8-11)21-17(20)15-10-18-16-5-3-2-4-14(15)16/h2-8H,9H2,1H3;2-5,10-13,18H,6-9H2,1H3/t;11-,12+,13?. The van der Waals surface area contributed by atoms with Gasteiger partial charge in [0.25, 0.3) is 0 Å². The molecule has 1 N–H and O–H groups in total. The van der Waals surface area contributed by atoms with Crippen LogP contribution in [0.1, 0.15) is 58.8 Å². The van der Waals surface area contributed by atoms with Crippen molar-refractivity contribution < 1.29 is 9.53 Å². The molecule has 3 atom stereocenters. The lowest BCUT2D eigenvalue weighted by Crippen LogP contribution is -2.43. The largest absolute Gasteiger partial charge is 0.459 e. The van der Waals surface area contributed by atoms with Crippen molar-refractivity contribution in [3.05, 3.63) is 111 Å². The number of benzene rings is 3. The Morgan fingerprint density at radius 2 is 1.70 bits per heavy atom. The average molecular weight is 628 g/mol. The number of piperidine rings is 1. The maximum Gasteiger partial charge on any atom is 0.340 e. The topological polar surface area (TPSA) is 88.4 Å². The van der Waals surface area contributed by atoms with Gasteiger partial charge in [-0.05, 0) is 57.1 Å². The first-order valence-electron chi connectivity index (χ1n) is 14.9. The van der Waals surface area contributed by atoms with Crippen LogP contribution in [0.2, 0.25) is 10.0 Å². The lowest BCUT2D eigenvalue weighted by molar-refractivity contribution is -0.000262. The number of carbonyl (C=O) groups is 1. The number of aliphatic imine (C=N–C) groups is 1. The summed E-state index contributed by atoms with van der Waals surface area (Å²) in [4.78, 5) is 22.8. The SMILES string of the molecule is CN1[C@@H]2CC[C@H]1CC(OC(=O)c1c[nH]c3ccccc13)C2.Cc1nnc2n1-c1ccc(Cl)cc1C(c1ccccc1Cl)=NC2. The molecule has 0 amide bonds. The number of nitrogens with one attached hydrogen (secondary N) is 1. The molecule has 0 radical (unpaired) electrons. The number of halogens is 2. The number of hydrogen-bond acceptors (Lipinski definition) is 6. The summed E-state index contributed by atoms with van der Waals surface area (Å²) in [7, 11) is 2.19. The van der Waals surface area contributed by atoms with Crippen LogP contribution in [0.4, 0.5) is 0 Å². The first kappa shape index (κ1) is 28.8. The summed E-state index contributed by atoms with van der Waals surface area (Å²) in [5, 5.41) is 10.6. The summed E-state index contributed by atoms with van der Waals surface area (Å²) >= 11 is 12.6. The molecule has 2 bridgehead atoms. The van der Waals surface area contributed by atoms with Crippen LogP contribution in [-0.4, -0.2) is 61.6 Å². The van der Waals surface area contributed by atoms with Crippen molar-refractivity contribution in [1.29, 1.82) is 0 Å². The van der Waals surface area contributed by atoms with E-state index in [0.29, 0.717) is 34.2 Å². The predicted octanol–water partition coefficient (Wildman–Crippen LogP) is 7.18. The van der Waals surface area contributed by atoms with Gasteiger partial charge >= 0.3 is 5.97 Å². The molecule has 8 nitrogen and oxygen atoms in total. The number of nitrogens with zero attached hydrogens (tertiary/aromatic N) is 5. The van der Waals surface area contributed by atoms with Gasteiger partial charge in [-0.2, -0.15) is 0 Å². The van der Waals surface area contributed by atoms with E-state index in [1.165, 1.54) is 12.8 Å². The van der Waals surface area contributed by atoms with E-state index in [-0.39, 0.29) is 12.1 Å². The molecule has 5 aromatic rings. The van der Waals surface area contributed by atoms with Crippen LogP contribution in [0, 0.1) is 6.92 Å². The van der Waals surface area contributed by atoms with Crippen molar-refractivity contribution in [2.75, 3.05) is 7.05 Å². The highest BCUT2D eigenvalue weighted by Gasteiger charge is 2.40. The smallest absolute Gasteiger partial charge is 0.340 e. The molecule has 3 aromatic carbocycles. The molecule has 2 fully saturated rings. The zero-order chi connectivity index (χ0) is 30.4. The van der Waals surface area contributed by atoms with Gasteiger partial charge < -0.3 is 14.6 Å². The molecule has 0 saturated carbocycles. The molecule has 224 valence electrons. The van der Waals surface area contributed by atoms with Crippen LogP contribution < -0.4 is 0 Å². The predicted molar refractivity (Wildman–Crippen MR) is 173 cm³/mol. The van der Waals surface area contributed by atoms with Crippen molar-refractivity contribution in [2.45, 2.75) is 57.3 Å². The van der Waals surface area contributed by atoms with E-state index in [1.807, 2.05) is 78.2 Å². The van der Waals surface area contributed by atoms with Crippen molar-refractivity contribution >= 4 is 45.8 Å². The van der Waals surface area contributed by atoms with Gasteiger partial charge in [0.2, 0.25) is 0 Å². The second-order valence-corrected chi connectivity index (χ2v) is 12.4. The molecule has 3 aliphatic heterocycles. The fourth-order valence-electron chi connectivity index (χ4n) is 6.75. The molecule has 2 aromatic heterocycles. The number of hydrogen-bond donors (Lipinski definition) is 1. The highest BCUT2D eigenvalue weighted by atomic mass is 35.5. The van der Waals surface area contributed by atoms with Crippen LogP contribution >= 0.6 is 23.2 Å². The molecule has 2 saturated heterocycles. The molecule has 0 spiro atoms. The third-order valence-electron chi connectivity index (χ3n) is 8.99. The van der Waals surface area contributed by atoms with Gasteiger partial charge in [0.15, 0.2) is 5.82 Å². The maximum absolute atomic E-state index is 12.4. The van der Waals surface area contributed by atoms with E-state index in [0.717, 1.165) is 57.9 Å². The number of ether oxygens (including phenoxy) is 1. The van der Waals surface area contributed by atoms with Gasteiger partial charge in [0, 0.05) is 63.2 Å². The maximum atomic E-state index is 12.4. The number of carbonyl (C=O) groups excluding carboxylic acids is 1. The minimum Gasteiger partial charge on any atom is -0.459 e. The number of para-hydroxylation sites is 1. The Hall–Kier alpha value is -3.98. The third kappa shape index (κ3) is 5.31. The number of aromatic nitrogens is 4. The van der Waals surface area contributed by atoms with Crippen molar-refractivity contribution in [3.8, 4) is 5.69 Å². The minimum atomic E-state index is -0.193. The zero-order valence-corrected chi connectivity index (χ0v) is 26.0. The van der Waals surface area contributed by atoms with Gasteiger partial charge in [-0.25, -0.2) is 4.79 Å². The molecule has 44 heavy (non-hydrogen) atoms. The van der Waals surface area contributed by atoms with Gasteiger partial charge in [-0.1, -0.05) is 59.6 Å².